The lowest BCUT2D eigenvalue weighted by atomic mass is 9.89. The molecule has 3 heteroatoms. The van der Waals surface area contributed by atoms with E-state index in [1.54, 1.807) is 0 Å². The van der Waals surface area contributed by atoms with E-state index in [4.69, 9.17) is 11.6 Å². The number of likely N-dealkylation sites (N-methyl/N-ethyl adjacent to an activating group) is 1. The predicted octanol–water partition coefficient (Wildman–Crippen LogP) is 4.26. The van der Waals surface area contributed by atoms with E-state index in [1.807, 2.05) is 18.2 Å². The monoisotopic (exact) mass is 280 g/mol. The molecule has 1 aliphatic rings. The van der Waals surface area contributed by atoms with Gasteiger partial charge in [-0.3, -0.25) is 0 Å². The summed E-state index contributed by atoms with van der Waals surface area (Å²) in [5.41, 5.74) is 1.11. The maximum Gasteiger partial charge on any atom is 0.0426 e. The first kappa shape index (κ1) is 14.7. The number of benzene rings is 1. The van der Waals surface area contributed by atoms with Crippen molar-refractivity contribution in [2.24, 2.45) is 5.92 Å². The van der Waals surface area contributed by atoms with Gasteiger partial charge in [-0.2, -0.15) is 0 Å². The summed E-state index contributed by atoms with van der Waals surface area (Å²) >= 11 is 5.96. The molecule has 106 valence electrons. The number of nitrogens with zero attached hydrogens (tertiary/aromatic N) is 1. The molecule has 1 saturated carbocycles. The molecule has 1 aromatic carbocycles. The highest BCUT2D eigenvalue weighted by molar-refractivity contribution is 6.30. The van der Waals surface area contributed by atoms with Crippen molar-refractivity contribution >= 4 is 17.3 Å². The summed E-state index contributed by atoms with van der Waals surface area (Å²) < 4.78 is 0. The minimum Gasteiger partial charge on any atom is -0.384 e. The van der Waals surface area contributed by atoms with Crippen molar-refractivity contribution in [3.05, 3.63) is 29.3 Å². The van der Waals surface area contributed by atoms with Gasteiger partial charge in [-0.05, 0) is 44.0 Å². The van der Waals surface area contributed by atoms with Crippen LogP contribution in [0.15, 0.2) is 24.3 Å². The molecule has 1 aromatic rings. The van der Waals surface area contributed by atoms with Gasteiger partial charge in [-0.1, -0.05) is 36.9 Å². The van der Waals surface area contributed by atoms with Crippen molar-refractivity contribution in [2.75, 3.05) is 32.0 Å². The summed E-state index contributed by atoms with van der Waals surface area (Å²) in [6, 6.07) is 7.92. The van der Waals surface area contributed by atoms with Crippen LogP contribution in [-0.2, 0) is 0 Å². The molecular weight excluding hydrogens is 256 g/mol. The van der Waals surface area contributed by atoms with Gasteiger partial charge in [-0.15, -0.1) is 0 Å². The Balaban J connectivity index is 1.64. The summed E-state index contributed by atoms with van der Waals surface area (Å²) in [7, 11) is 2.23. The zero-order chi connectivity index (χ0) is 13.5. The molecule has 0 amide bonds. The summed E-state index contributed by atoms with van der Waals surface area (Å²) in [4.78, 5) is 2.45. The van der Waals surface area contributed by atoms with Gasteiger partial charge in [0, 0.05) is 30.3 Å². The minimum absolute atomic E-state index is 0.792. The van der Waals surface area contributed by atoms with Gasteiger partial charge < -0.3 is 10.2 Å². The second kappa shape index (κ2) is 7.76. The normalized spacial score (nSPS) is 16.8. The third-order valence-electron chi connectivity index (χ3n) is 3.94. The fraction of sp³-hybridized carbons (Fsp3) is 0.625. The smallest absolute Gasteiger partial charge is 0.0426 e. The van der Waals surface area contributed by atoms with Crippen LogP contribution >= 0.6 is 11.6 Å². The molecule has 1 fully saturated rings. The van der Waals surface area contributed by atoms with Gasteiger partial charge >= 0.3 is 0 Å². The summed E-state index contributed by atoms with van der Waals surface area (Å²) in [5.74, 6) is 0.921. The maximum absolute atomic E-state index is 5.96. The first-order valence-corrected chi connectivity index (χ1v) is 7.80. The predicted molar refractivity (Wildman–Crippen MR) is 84.0 cm³/mol. The standard InChI is InChI=1S/C16H25ClN2/c1-19(13-14-6-3-2-4-7-14)11-10-18-16-9-5-8-15(17)12-16/h5,8-9,12,14,18H,2-4,6-7,10-11,13H2,1H3. The topological polar surface area (TPSA) is 15.3 Å². The number of hydrogen-bond donors (Lipinski definition) is 1. The highest BCUT2D eigenvalue weighted by Crippen LogP contribution is 2.24. The molecule has 19 heavy (non-hydrogen) atoms. The molecule has 0 aromatic heterocycles. The van der Waals surface area contributed by atoms with Gasteiger partial charge in [-0.25, -0.2) is 0 Å². The number of rotatable bonds is 6. The third kappa shape index (κ3) is 5.42. The highest BCUT2D eigenvalue weighted by Gasteiger charge is 2.14. The zero-order valence-electron chi connectivity index (χ0n) is 11.9. The largest absolute Gasteiger partial charge is 0.384 e. The van der Waals surface area contributed by atoms with Gasteiger partial charge in [0.05, 0.1) is 0 Å². The molecule has 0 atom stereocenters. The average molecular weight is 281 g/mol. The molecule has 2 rings (SSSR count). The van der Waals surface area contributed by atoms with Crippen LogP contribution in [0, 0.1) is 5.92 Å². The molecule has 0 bridgehead atoms. The Morgan fingerprint density at radius 2 is 2.05 bits per heavy atom. The van der Waals surface area contributed by atoms with E-state index in [2.05, 4.69) is 23.3 Å². The molecule has 0 saturated heterocycles. The van der Waals surface area contributed by atoms with Crippen molar-refractivity contribution in [1.29, 1.82) is 0 Å². The SMILES string of the molecule is CN(CCNc1cccc(Cl)c1)CC1CCCCC1. The second-order valence-corrected chi connectivity index (χ2v) is 6.14. The van der Waals surface area contributed by atoms with E-state index in [-0.39, 0.29) is 0 Å². The van der Waals surface area contributed by atoms with Crippen molar-refractivity contribution in [1.82, 2.24) is 4.90 Å². The van der Waals surface area contributed by atoms with Crippen LogP contribution in [0.5, 0.6) is 0 Å². The van der Waals surface area contributed by atoms with Crippen LogP contribution in [0.2, 0.25) is 5.02 Å². The molecule has 0 heterocycles. The Morgan fingerprint density at radius 3 is 2.79 bits per heavy atom. The van der Waals surface area contributed by atoms with Gasteiger partial charge in [0.1, 0.15) is 0 Å². The lowest BCUT2D eigenvalue weighted by Gasteiger charge is -2.27. The summed E-state index contributed by atoms with van der Waals surface area (Å²) in [5, 5.41) is 4.22. The Kier molecular flexibility index (Phi) is 5.99. The van der Waals surface area contributed by atoms with Gasteiger partial charge in [0.2, 0.25) is 0 Å². The van der Waals surface area contributed by atoms with E-state index in [0.717, 1.165) is 29.7 Å². The maximum atomic E-state index is 5.96. The number of anilines is 1. The van der Waals surface area contributed by atoms with E-state index < -0.39 is 0 Å². The fourth-order valence-electron chi connectivity index (χ4n) is 2.89. The summed E-state index contributed by atoms with van der Waals surface area (Å²) in [6.45, 7) is 3.31. The zero-order valence-corrected chi connectivity index (χ0v) is 12.6. The van der Waals surface area contributed by atoms with E-state index in [9.17, 15) is 0 Å². The van der Waals surface area contributed by atoms with Crippen LogP contribution in [0.25, 0.3) is 0 Å². The van der Waals surface area contributed by atoms with Gasteiger partial charge in [0.15, 0.2) is 0 Å². The van der Waals surface area contributed by atoms with Crippen LogP contribution < -0.4 is 5.32 Å². The quantitative estimate of drug-likeness (QED) is 0.837. The van der Waals surface area contributed by atoms with Crippen molar-refractivity contribution < 1.29 is 0 Å². The molecular formula is C16H25ClN2. The Bertz CT molecular complexity index is 375. The van der Waals surface area contributed by atoms with Crippen LogP contribution in [0.3, 0.4) is 0 Å². The number of nitrogens with one attached hydrogen (secondary N) is 1. The summed E-state index contributed by atoms with van der Waals surface area (Å²) in [6.07, 6.45) is 7.15. The van der Waals surface area contributed by atoms with E-state index in [0.29, 0.717) is 0 Å². The number of halogens is 1. The second-order valence-electron chi connectivity index (χ2n) is 5.70. The van der Waals surface area contributed by atoms with Crippen molar-refractivity contribution in [3.63, 3.8) is 0 Å². The lowest BCUT2D eigenvalue weighted by Crippen LogP contribution is -2.31. The third-order valence-corrected chi connectivity index (χ3v) is 4.18. The molecule has 0 unspecified atom stereocenters. The first-order chi connectivity index (χ1) is 9.24. The fourth-order valence-corrected chi connectivity index (χ4v) is 3.08. The van der Waals surface area contributed by atoms with Crippen molar-refractivity contribution in [2.45, 2.75) is 32.1 Å². The average Bonchev–Trinajstić information content (AvgIpc) is 2.40. The molecule has 1 aliphatic carbocycles. The minimum atomic E-state index is 0.792. The Hall–Kier alpha value is -0.730. The van der Waals surface area contributed by atoms with Crippen molar-refractivity contribution in [3.8, 4) is 0 Å². The lowest BCUT2D eigenvalue weighted by molar-refractivity contribution is 0.239. The molecule has 1 N–H and O–H groups in total. The highest BCUT2D eigenvalue weighted by atomic mass is 35.5. The van der Waals surface area contributed by atoms with Crippen LogP contribution in [0.1, 0.15) is 32.1 Å². The van der Waals surface area contributed by atoms with Crippen LogP contribution in [-0.4, -0.2) is 31.6 Å². The Morgan fingerprint density at radius 1 is 1.26 bits per heavy atom. The van der Waals surface area contributed by atoms with Crippen LogP contribution in [0.4, 0.5) is 5.69 Å². The number of hydrogen-bond acceptors (Lipinski definition) is 2. The molecule has 0 aliphatic heterocycles. The van der Waals surface area contributed by atoms with E-state index in [1.165, 1.54) is 38.6 Å². The molecule has 2 nitrogen and oxygen atoms in total. The molecule has 0 spiro atoms. The first-order valence-electron chi connectivity index (χ1n) is 7.42. The van der Waals surface area contributed by atoms with E-state index >= 15 is 0 Å². The van der Waals surface area contributed by atoms with Gasteiger partial charge in [0.25, 0.3) is 0 Å². The Labute approximate surface area is 122 Å². The molecule has 0 radical (unpaired) electrons.